The van der Waals surface area contributed by atoms with Gasteiger partial charge in [-0.2, -0.15) is 12.6 Å². The molecular formula is C7H12O3S. The first-order valence-electron chi connectivity index (χ1n) is 3.55. The second kappa shape index (κ2) is 6.22. The lowest BCUT2D eigenvalue weighted by molar-refractivity contribution is -0.159. The zero-order chi connectivity index (χ0) is 8.69. The first kappa shape index (κ1) is 10.5. The number of carbonyl (C=O) groups excluding carboxylic acids is 2. The molecule has 0 spiro atoms. The Kier molecular flexibility index (Phi) is 5.93. The van der Waals surface area contributed by atoms with E-state index in [-0.39, 0.29) is 6.42 Å². The van der Waals surface area contributed by atoms with E-state index >= 15 is 0 Å². The Hall–Kier alpha value is -0.510. The molecule has 0 aliphatic rings. The van der Waals surface area contributed by atoms with Crippen LogP contribution in [0, 0.1) is 0 Å². The summed E-state index contributed by atoms with van der Waals surface area (Å²) in [6, 6.07) is 0. The van der Waals surface area contributed by atoms with Crippen molar-refractivity contribution in [2.45, 2.75) is 26.2 Å². The van der Waals surface area contributed by atoms with E-state index in [4.69, 9.17) is 0 Å². The molecule has 0 radical (unpaired) electrons. The zero-order valence-electron chi connectivity index (χ0n) is 6.50. The highest BCUT2D eigenvalue weighted by Crippen LogP contribution is 1.94. The highest BCUT2D eigenvalue weighted by molar-refractivity contribution is 7.80. The molecule has 0 saturated heterocycles. The molecule has 4 heteroatoms. The van der Waals surface area contributed by atoms with Crippen LogP contribution >= 0.6 is 12.6 Å². The van der Waals surface area contributed by atoms with Crippen LogP contribution in [0.15, 0.2) is 0 Å². The lowest BCUT2D eigenvalue weighted by Gasteiger charge is -1.98. The van der Waals surface area contributed by atoms with E-state index in [0.717, 1.165) is 0 Å². The van der Waals surface area contributed by atoms with E-state index in [2.05, 4.69) is 17.4 Å². The summed E-state index contributed by atoms with van der Waals surface area (Å²) in [6.45, 7) is 1.85. The number of ether oxygens (including phenoxy) is 1. The number of rotatable bonds is 4. The Labute approximate surface area is 71.5 Å². The maximum atomic E-state index is 10.7. The van der Waals surface area contributed by atoms with Gasteiger partial charge in [-0.15, -0.1) is 0 Å². The second-order valence-electron chi connectivity index (χ2n) is 2.07. The van der Waals surface area contributed by atoms with Crippen molar-refractivity contribution >= 4 is 24.6 Å². The number of hydrogen-bond donors (Lipinski definition) is 1. The van der Waals surface area contributed by atoms with Gasteiger partial charge in [0.2, 0.25) is 0 Å². The van der Waals surface area contributed by atoms with Crippen LogP contribution in [-0.2, 0) is 14.3 Å². The van der Waals surface area contributed by atoms with E-state index in [0.29, 0.717) is 18.6 Å². The van der Waals surface area contributed by atoms with Crippen molar-refractivity contribution in [2.75, 3.05) is 5.75 Å². The van der Waals surface area contributed by atoms with Gasteiger partial charge >= 0.3 is 11.9 Å². The fraction of sp³-hybridized carbons (Fsp3) is 0.714. The average molecular weight is 176 g/mol. The molecule has 64 valence electrons. The van der Waals surface area contributed by atoms with Crippen LogP contribution in [0.4, 0.5) is 0 Å². The van der Waals surface area contributed by atoms with Gasteiger partial charge in [0.05, 0.1) is 6.42 Å². The summed E-state index contributed by atoms with van der Waals surface area (Å²) in [5.74, 6) is -0.518. The van der Waals surface area contributed by atoms with Gasteiger partial charge in [0.15, 0.2) is 0 Å². The van der Waals surface area contributed by atoms with Crippen LogP contribution in [0.2, 0.25) is 0 Å². The smallest absolute Gasteiger partial charge is 0.314 e. The fourth-order valence-corrected chi connectivity index (χ4v) is 0.707. The van der Waals surface area contributed by atoms with Gasteiger partial charge in [0.1, 0.15) is 0 Å². The minimum Gasteiger partial charge on any atom is -0.393 e. The van der Waals surface area contributed by atoms with E-state index < -0.39 is 11.9 Å². The van der Waals surface area contributed by atoms with Gasteiger partial charge < -0.3 is 4.74 Å². The van der Waals surface area contributed by atoms with Crippen molar-refractivity contribution in [2.24, 2.45) is 0 Å². The van der Waals surface area contributed by atoms with Crippen LogP contribution in [0.1, 0.15) is 26.2 Å². The van der Waals surface area contributed by atoms with Crippen molar-refractivity contribution in [3.8, 4) is 0 Å². The molecule has 0 aromatic rings. The number of carbonyl (C=O) groups is 2. The van der Waals surface area contributed by atoms with Gasteiger partial charge in [0, 0.05) is 12.2 Å². The molecule has 11 heavy (non-hydrogen) atoms. The van der Waals surface area contributed by atoms with Crippen LogP contribution < -0.4 is 0 Å². The molecule has 0 aromatic carbocycles. The summed E-state index contributed by atoms with van der Waals surface area (Å²) in [5, 5.41) is 0. The summed E-state index contributed by atoms with van der Waals surface area (Å²) < 4.78 is 4.40. The lowest BCUT2D eigenvalue weighted by Crippen LogP contribution is -2.11. The van der Waals surface area contributed by atoms with Gasteiger partial charge in [-0.05, 0) is 6.42 Å². The standard InChI is InChI=1S/C7H12O3S/c1-2-3-6(8)10-7(9)4-5-11/h11H,2-5H2,1H3. The minimum atomic E-state index is -0.488. The van der Waals surface area contributed by atoms with Crippen molar-refractivity contribution in [3.05, 3.63) is 0 Å². The minimum absolute atomic E-state index is 0.193. The Bertz CT molecular complexity index is 129. The predicted molar refractivity (Wildman–Crippen MR) is 44.5 cm³/mol. The lowest BCUT2D eigenvalue weighted by atomic mass is 10.3. The van der Waals surface area contributed by atoms with Crippen molar-refractivity contribution < 1.29 is 14.3 Å². The summed E-state index contributed by atoms with van der Waals surface area (Å²) >= 11 is 3.82. The Morgan fingerprint density at radius 2 is 1.82 bits per heavy atom. The molecule has 0 heterocycles. The second-order valence-corrected chi connectivity index (χ2v) is 2.52. The maximum absolute atomic E-state index is 10.7. The molecule has 0 unspecified atom stereocenters. The van der Waals surface area contributed by atoms with Crippen molar-refractivity contribution in [1.82, 2.24) is 0 Å². The van der Waals surface area contributed by atoms with E-state index in [1.165, 1.54) is 0 Å². The average Bonchev–Trinajstić information content (AvgIpc) is 1.87. The molecule has 0 rings (SSSR count). The van der Waals surface area contributed by atoms with E-state index in [1.54, 1.807) is 0 Å². The monoisotopic (exact) mass is 176 g/mol. The highest BCUT2D eigenvalue weighted by atomic mass is 32.1. The van der Waals surface area contributed by atoms with Crippen LogP contribution in [0.3, 0.4) is 0 Å². The molecule has 0 amide bonds. The molecule has 0 bridgehead atoms. The van der Waals surface area contributed by atoms with Gasteiger partial charge in [0.25, 0.3) is 0 Å². The van der Waals surface area contributed by atoms with Gasteiger partial charge in [-0.25, -0.2) is 0 Å². The van der Waals surface area contributed by atoms with E-state index in [1.807, 2.05) is 6.92 Å². The van der Waals surface area contributed by atoms with Gasteiger partial charge in [-0.1, -0.05) is 6.92 Å². The summed E-state index contributed by atoms with van der Waals surface area (Å²) in [5.41, 5.74) is 0. The first-order chi connectivity index (χ1) is 5.20. The molecule has 0 N–H and O–H groups in total. The topological polar surface area (TPSA) is 43.4 Å². The molecule has 3 nitrogen and oxygen atoms in total. The molecular weight excluding hydrogens is 164 g/mol. The molecule has 0 fully saturated rings. The Morgan fingerprint density at radius 1 is 1.27 bits per heavy atom. The summed E-state index contributed by atoms with van der Waals surface area (Å²) in [6.07, 6.45) is 1.20. The summed E-state index contributed by atoms with van der Waals surface area (Å²) in [7, 11) is 0. The molecule has 0 aliphatic heterocycles. The summed E-state index contributed by atoms with van der Waals surface area (Å²) in [4.78, 5) is 21.3. The molecule has 0 aliphatic carbocycles. The maximum Gasteiger partial charge on any atom is 0.314 e. The highest BCUT2D eigenvalue weighted by Gasteiger charge is 2.07. The molecule has 0 atom stereocenters. The van der Waals surface area contributed by atoms with E-state index in [9.17, 15) is 9.59 Å². The largest absolute Gasteiger partial charge is 0.393 e. The normalized spacial score (nSPS) is 9.27. The third kappa shape index (κ3) is 5.91. The Morgan fingerprint density at radius 3 is 2.27 bits per heavy atom. The van der Waals surface area contributed by atoms with Crippen LogP contribution in [0.5, 0.6) is 0 Å². The van der Waals surface area contributed by atoms with Gasteiger partial charge in [-0.3, -0.25) is 9.59 Å². The van der Waals surface area contributed by atoms with Crippen LogP contribution in [0.25, 0.3) is 0 Å². The third-order valence-electron chi connectivity index (χ3n) is 0.998. The molecule has 0 saturated carbocycles. The number of thiol groups is 1. The van der Waals surface area contributed by atoms with Crippen molar-refractivity contribution in [3.63, 3.8) is 0 Å². The van der Waals surface area contributed by atoms with Crippen molar-refractivity contribution in [1.29, 1.82) is 0 Å². The molecule has 0 aromatic heterocycles. The SMILES string of the molecule is CCCC(=O)OC(=O)CCS. The quantitative estimate of drug-likeness (QED) is 0.397. The number of esters is 2. The predicted octanol–water partition coefficient (Wildman–Crippen LogP) is 1.18. The zero-order valence-corrected chi connectivity index (χ0v) is 7.39. The van der Waals surface area contributed by atoms with Crippen LogP contribution in [-0.4, -0.2) is 17.7 Å². The third-order valence-corrected chi connectivity index (χ3v) is 1.22. The fourth-order valence-electron chi connectivity index (χ4n) is 0.524. The number of hydrogen-bond acceptors (Lipinski definition) is 4. The first-order valence-corrected chi connectivity index (χ1v) is 4.18. The Balaban J connectivity index is 3.49.